The summed E-state index contributed by atoms with van der Waals surface area (Å²) >= 11 is 0. The van der Waals surface area contributed by atoms with Crippen LogP contribution in [0, 0.1) is 0 Å². The van der Waals surface area contributed by atoms with Gasteiger partial charge in [-0.05, 0) is 117 Å². The van der Waals surface area contributed by atoms with Crippen molar-refractivity contribution in [3.63, 3.8) is 0 Å². The summed E-state index contributed by atoms with van der Waals surface area (Å²) in [5, 5.41) is 7.55. The van der Waals surface area contributed by atoms with Gasteiger partial charge in [0.15, 0.2) is 0 Å². The highest BCUT2D eigenvalue weighted by Crippen LogP contribution is 2.52. The average molecular weight is 649 g/mol. The molecule has 240 valence electrons. The summed E-state index contributed by atoms with van der Waals surface area (Å²) in [4.78, 5) is 0. The lowest BCUT2D eigenvalue weighted by molar-refractivity contribution is 0.660. The topological polar surface area (TPSA) is 0 Å². The van der Waals surface area contributed by atoms with Crippen LogP contribution in [0.2, 0.25) is 0 Å². The van der Waals surface area contributed by atoms with Crippen molar-refractivity contribution in [2.24, 2.45) is 0 Å². The Balaban J connectivity index is 1.26. The quantitative estimate of drug-likeness (QED) is 0.167. The molecule has 51 heavy (non-hydrogen) atoms. The minimum Gasteiger partial charge on any atom is -0.0622 e. The fraction of sp³-hybridized carbons (Fsp3) is 0.0588. The van der Waals surface area contributed by atoms with E-state index in [1.165, 1.54) is 99.1 Å². The predicted octanol–water partition coefficient (Wildman–Crippen LogP) is 14.1. The molecule has 9 aromatic rings. The molecule has 0 spiro atoms. The SMILES string of the molecule is CC1(C)c2ccccc2-c2ccc(-c3ccccc3-c3c4ccccc4c(-c4cc5ccccc5cc4-c4ccccc4)c4ccccc34)cc21. The van der Waals surface area contributed by atoms with E-state index in [0.717, 1.165) is 0 Å². The van der Waals surface area contributed by atoms with Crippen molar-refractivity contribution in [1.29, 1.82) is 0 Å². The standard InChI is InChI=1S/C51H36/c1-51(2)47-27-15-14-21-38(47)39-29-28-36(32-48(39)51)37-20-8-9-22-40(37)49-41-23-10-12-25-43(41)50(44-26-13-11-24-42(44)49)46-31-35-19-7-6-18-34(35)30-45(46)33-16-4-3-5-17-33/h3-32H,1-2H3. The highest BCUT2D eigenvalue weighted by atomic mass is 14.4. The molecule has 0 aromatic heterocycles. The van der Waals surface area contributed by atoms with E-state index in [-0.39, 0.29) is 5.41 Å². The Kier molecular flexibility index (Phi) is 6.63. The van der Waals surface area contributed by atoms with E-state index >= 15 is 0 Å². The number of hydrogen-bond acceptors (Lipinski definition) is 0. The first-order chi connectivity index (χ1) is 25.1. The maximum atomic E-state index is 2.45. The number of benzene rings is 9. The van der Waals surface area contributed by atoms with Crippen LogP contribution in [0.4, 0.5) is 0 Å². The van der Waals surface area contributed by atoms with Gasteiger partial charge in [0.2, 0.25) is 0 Å². The van der Waals surface area contributed by atoms with Gasteiger partial charge in [-0.25, -0.2) is 0 Å². The third kappa shape index (κ3) is 4.53. The van der Waals surface area contributed by atoms with Gasteiger partial charge >= 0.3 is 0 Å². The summed E-state index contributed by atoms with van der Waals surface area (Å²) in [6.45, 7) is 4.73. The van der Waals surface area contributed by atoms with Crippen LogP contribution in [0.3, 0.4) is 0 Å². The van der Waals surface area contributed by atoms with E-state index in [9.17, 15) is 0 Å². The first kappa shape index (κ1) is 29.7. The first-order valence-corrected chi connectivity index (χ1v) is 17.9. The van der Waals surface area contributed by atoms with Gasteiger partial charge in [0.25, 0.3) is 0 Å². The monoisotopic (exact) mass is 648 g/mol. The van der Waals surface area contributed by atoms with Crippen molar-refractivity contribution in [3.05, 3.63) is 193 Å². The summed E-state index contributed by atoms with van der Waals surface area (Å²) < 4.78 is 0. The molecule has 0 heteroatoms. The minimum atomic E-state index is -0.0613. The maximum absolute atomic E-state index is 2.45. The number of hydrogen-bond donors (Lipinski definition) is 0. The molecule has 0 radical (unpaired) electrons. The van der Waals surface area contributed by atoms with Crippen LogP contribution in [0.1, 0.15) is 25.0 Å². The molecule has 0 atom stereocenters. The van der Waals surface area contributed by atoms with Gasteiger partial charge in [0.1, 0.15) is 0 Å². The zero-order valence-electron chi connectivity index (χ0n) is 28.8. The Morgan fingerprint density at radius 3 is 1.41 bits per heavy atom. The minimum absolute atomic E-state index is 0.0613. The fourth-order valence-corrected chi connectivity index (χ4v) is 8.84. The van der Waals surface area contributed by atoms with Crippen LogP contribution < -0.4 is 0 Å². The molecule has 0 unspecified atom stereocenters. The highest BCUT2D eigenvalue weighted by molar-refractivity contribution is 6.24. The average Bonchev–Trinajstić information content (AvgIpc) is 3.42. The van der Waals surface area contributed by atoms with Crippen LogP contribution in [-0.4, -0.2) is 0 Å². The largest absolute Gasteiger partial charge is 0.0622 e. The molecule has 0 saturated heterocycles. The molecule has 0 heterocycles. The van der Waals surface area contributed by atoms with Gasteiger partial charge in [-0.15, -0.1) is 0 Å². The van der Waals surface area contributed by atoms with Crippen LogP contribution in [-0.2, 0) is 5.41 Å². The molecule has 9 aromatic carbocycles. The van der Waals surface area contributed by atoms with E-state index in [1.54, 1.807) is 0 Å². The zero-order chi connectivity index (χ0) is 34.1. The number of rotatable bonds is 4. The number of fused-ring (bicyclic) bond motifs is 6. The Morgan fingerprint density at radius 1 is 0.294 bits per heavy atom. The normalized spacial score (nSPS) is 13.1. The van der Waals surface area contributed by atoms with Crippen molar-refractivity contribution in [3.8, 4) is 55.6 Å². The highest BCUT2D eigenvalue weighted by Gasteiger charge is 2.35. The molecule has 0 aliphatic heterocycles. The Hall–Kier alpha value is -6.24. The van der Waals surface area contributed by atoms with Gasteiger partial charge in [-0.3, -0.25) is 0 Å². The van der Waals surface area contributed by atoms with Crippen LogP contribution in [0.25, 0.3) is 88.0 Å². The molecule has 0 N–H and O–H groups in total. The molecule has 1 aliphatic carbocycles. The van der Waals surface area contributed by atoms with Gasteiger partial charge in [0.05, 0.1) is 0 Å². The maximum Gasteiger partial charge on any atom is 0.0159 e. The van der Waals surface area contributed by atoms with Crippen molar-refractivity contribution < 1.29 is 0 Å². The second-order valence-corrected chi connectivity index (χ2v) is 14.4. The predicted molar refractivity (Wildman–Crippen MR) is 218 cm³/mol. The van der Waals surface area contributed by atoms with Gasteiger partial charge in [0, 0.05) is 5.41 Å². The van der Waals surface area contributed by atoms with Crippen LogP contribution in [0.5, 0.6) is 0 Å². The van der Waals surface area contributed by atoms with E-state index in [4.69, 9.17) is 0 Å². The van der Waals surface area contributed by atoms with Crippen molar-refractivity contribution >= 4 is 32.3 Å². The lowest BCUT2D eigenvalue weighted by atomic mass is 9.80. The summed E-state index contributed by atoms with van der Waals surface area (Å²) in [7, 11) is 0. The first-order valence-electron chi connectivity index (χ1n) is 17.9. The Labute approximate surface area is 299 Å². The summed E-state index contributed by atoms with van der Waals surface area (Å²) in [5.41, 5.74) is 15.5. The second-order valence-electron chi connectivity index (χ2n) is 14.4. The summed E-state index contributed by atoms with van der Waals surface area (Å²) in [6, 6.07) is 67.5. The fourth-order valence-electron chi connectivity index (χ4n) is 8.84. The molecule has 0 bridgehead atoms. The lowest BCUT2D eigenvalue weighted by Gasteiger charge is -2.23. The van der Waals surface area contributed by atoms with E-state index in [2.05, 4.69) is 196 Å². The van der Waals surface area contributed by atoms with E-state index < -0.39 is 0 Å². The third-order valence-electron chi connectivity index (χ3n) is 11.3. The van der Waals surface area contributed by atoms with Crippen molar-refractivity contribution in [1.82, 2.24) is 0 Å². The second kappa shape index (κ2) is 11.4. The summed E-state index contributed by atoms with van der Waals surface area (Å²) in [6.07, 6.45) is 0. The smallest absolute Gasteiger partial charge is 0.0159 e. The molecular weight excluding hydrogens is 613 g/mol. The zero-order valence-corrected chi connectivity index (χ0v) is 28.8. The van der Waals surface area contributed by atoms with Crippen molar-refractivity contribution in [2.75, 3.05) is 0 Å². The molecule has 0 fully saturated rings. The Bertz CT molecular complexity index is 2760. The van der Waals surface area contributed by atoms with E-state index in [0.29, 0.717) is 0 Å². The lowest BCUT2D eigenvalue weighted by Crippen LogP contribution is -2.14. The van der Waals surface area contributed by atoms with Crippen molar-refractivity contribution in [2.45, 2.75) is 19.3 Å². The third-order valence-corrected chi connectivity index (χ3v) is 11.3. The molecular formula is C51H36. The summed E-state index contributed by atoms with van der Waals surface area (Å²) in [5.74, 6) is 0. The van der Waals surface area contributed by atoms with Gasteiger partial charge in [-0.1, -0.05) is 178 Å². The van der Waals surface area contributed by atoms with Crippen LogP contribution in [0.15, 0.2) is 182 Å². The van der Waals surface area contributed by atoms with E-state index in [1.807, 2.05) is 0 Å². The Morgan fingerprint density at radius 2 is 0.765 bits per heavy atom. The molecule has 1 aliphatic rings. The molecule has 0 saturated carbocycles. The van der Waals surface area contributed by atoms with Gasteiger partial charge in [-0.2, -0.15) is 0 Å². The van der Waals surface area contributed by atoms with Gasteiger partial charge < -0.3 is 0 Å². The molecule has 0 amide bonds. The molecule has 10 rings (SSSR count). The molecule has 0 nitrogen and oxygen atoms in total. The van der Waals surface area contributed by atoms with Crippen LogP contribution >= 0.6 is 0 Å².